The van der Waals surface area contributed by atoms with Crippen LogP contribution in [0.4, 0.5) is 10.1 Å². The van der Waals surface area contributed by atoms with Gasteiger partial charge in [-0.3, -0.25) is 9.69 Å². The number of carbonyl (C=O) groups excluding carboxylic acids is 1. The molecule has 2 aromatic carbocycles. The van der Waals surface area contributed by atoms with Crippen molar-refractivity contribution >= 4 is 11.6 Å². The second-order valence-electron chi connectivity index (χ2n) is 8.84. The van der Waals surface area contributed by atoms with E-state index in [1.165, 1.54) is 17.3 Å². The predicted molar refractivity (Wildman–Crippen MR) is 122 cm³/mol. The highest BCUT2D eigenvalue weighted by molar-refractivity contribution is 5.79. The molecule has 2 aliphatic heterocycles. The number of hydrogen-bond donors (Lipinski definition) is 1. The molecule has 4 rings (SSSR count). The quantitative estimate of drug-likeness (QED) is 0.774. The molecule has 1 amide bonds. The average molecular weight is 425 g/mol. The lowest BCUT2D eigenvalue weighted by molar-refractivity contribution is -0.126. The molecule has 0 bridgehead atoms. The van der Waals surface area contributed by atoms with E-state index in [9.17, 15) is 9.18 Å². The Balaban J connectivity index is 1.32. The Labute approximate surface area is 184 Å². The van der Waals surface area contributed by atoms with Crippen LogP contribution in [-0.4, -0.2) is 62.0 Å². The van der Waals surface area contributed by atoms with Crippen molar-refractivity contribution in [2.24, 2.45) is 5.92 Å². The van der Waals surface area contributed by atoms with Crippen LogP contribution >= 0.6 is 0 Å². The second-order valence-corrected chi connectivity index (χ2v) is 8.84. The molecule has 0 aliphatic carbocycles. The summed E-state index contributed by atoms with van der Waals surface area (Å²) in [5.74, 6) is -0.0990. The van der Waals surface area contributed by atoms with Crippen LogP contribution in [0.5, 0.6) is 0 Å². The molecule has 1 unspecified atom stereocenters. The summed E-state index contributed by atoms with van der Waals surface area (Å²) < 4.78 is 13.5. The van der Waals surface area contributed by atoms with Gasteiger partial charge in [0.1, 0.15) is 5.82 Å². The highest BCUT2D eigenvalue weighted by atomic mass is 19.1. The average Bonchev–Trinajstić information content (AvgIpc) is 2.78. The molecule has 0 saturated carbocycles. The smallest absolute Gasteiger partial charge is 0.224 e. The molecule has 1 atom stereocenters. The predicted octanol–water partition coefficient (Wildman–Crippen LogP) is 3.11. The topological polar surface area (TPSA) is 38.8 Å². The first kappa shape index (κ1) is 21.8. The molecule has 31 heavy (non-hydrogen) atoms. The van der Waals surface area contributed by atoms with Gasteiger partial charge in [0.2, 0.25) is 5.91 Å². The number of likely N-dealkylation sites (N-methyl/N-ethyl adjacent to an activating group) is 1. The number of benzene rings is 2. The minimum Gasteiger partial charge on any atom is -0.369 e. The lowest BCUT2D eigenvalue weighted by Crippen LogP contribution is -2.45. The fourth-order valence-corrected chi connectivity index (χ4v) is 4.65. The van der Waals surface area contributed by atoms with Crippen LogP contribution in [-0.2, 0) is 17.9 Å². The van der Waals surface area contributed by atoms with Crippen molar-refractivity contribution in [1.82, 2.24) is 15.1 Å². The van der Waals surface area contributed by atoms with Gasteiger partial charge in [-0.05, 0) is 55.8 Å². The van der Waals surface area contributed by atoms with E-state index in [-0.39, 0.29) is 17.6 Å². The molecule has 6 heteroatoms. The van der Waals surface area contributed by atoms with Crippen LogP contribution in [0.2, 0.25) is 0 Å². The molecule has 2 aliphatic rings. The molecule has 0 spiro atoms. The zero-order chi connectivity index (χ0) is 21.6. The molecule has 2 heterocycles. The van der Waals surface area contributed by atoms with Crippen LogP contribution in [0.15, 0.2) is 48.5 Å². The number of halogens is 1. The Kier molecular flexibility index (Phi) is 7.20. The van der Waals surface area contributed by atoms with E-state index in [4.69, 9.17) is 0 Å². The normalized spacial score (nSPS) is 20.6. The third-order valence-corrected chi connectivity index (χ3v) is 6.46. The van der Waals surface area contributed by atoms with Crippen molar-refractivity contribution in [3.63, 3.8) is 0 Å². The Bertz CT molecular complexity index is 881. The van der Waals surface area contributed by atoms with E-state index >= 15 is 0 Å². The first-order valence-corrected chi connectivity index (χ1v) is 11.3. The number of piperidine rings is 1. The molecule has 5 nitrogen and oxygen atoms in total. The maximum atomic E-state index is 13.5. The molecular weight excluding hydrogens is 391 g/mol. The van der Waals surface area contributed by atoms with Crippen molar-refractivity contribution in [2.45, 2.75) is 25.9 Å². The van der Waals surface area contributed by atoms with Crippen LogP contribution in [0.3, 0.4) is 0 Å². The molecule has 0 radical (unpaired) electrons. The summed E-state index contributed by atoms with van der Waals surface area (Å²) in [5, 5.41) is 3.19. The van der Waals surface area contributed by atoms with Crippen LogP contribution in [0.25, 0.3) is 0 Å². The fraction of sp³-hybridized carbons (Fsp3) is 0.480. The molecule has 2 fully saturated rings. The monoisotopic (exact) mass is 424 g/mol. The standard InChI is InChI=1S/C25H33FN4O/c1-28-12-14-30(15-13-28)24-10-3-2-7-21(24)17-27-25(31)22-8-5-11-29(19-22)18-20-6-4-9-23(26)16-20/h2-4,6-7,9-10,16,22H,5,8,11-15,17-19H2,1H3,(H,27,31). The Morgan fingerprint density at radius 1 is 1.06 bits per heavy atom. The number of anilines is 1. The van der Waals surface area contributed by atoms with E-state index in [0.717, 1.165) is 57.7 Å². The van der Waals surface area contributed by atoms with Gasteiger partial charge in [-0.15, -0.1) is 0 Å². The molecule has 166 valence electrons. The van der Waals surface area contributed by atoms with Gasteiger partial charge < -0.3 is 15.1 Å². The number of para-hydroxylation sites is 1. The number of likely N-dealkylation sites (tertiary alicyclic amines) is 1. The van der Waals surface area contributed by atoms with Gasteiger partial charge in [0.25, 0.3) is 0 Å². The van der Waals surface area contributed by atoms with Crippen molar-refractivity contribution in [3.8, 4) is 0 Å². The lowest BCUT2D eigenvalue weighted by Gasteiger charge is -2.35. The maximum absolute atomic E-state index is 13.5. The first-order valence-electron chi connectivity index (χ1n) is 11.3. The SMILES string of the molecule is CN1CCN(c2ccccc2CNC(=O)C2CCCN(Cc3cccc(F)c3)C2)CC1. The van der Waals surface area contributed by atoms with Gasteiger partial charge in [0, 0.05) is 51.5 Å². The number of nitrogens with zero attached hydrogens (tertiary/aromatic N) is 3. The fourth-order valence-electron chi connectivity index (χ4n) is 4.65. The third-order valence-electron chi connectivity index (χ3n) is 6.46. The summed E-state index contributed by atoms with van der Waals surface area (Å²) in [6.45, 7) is 7.07. The summed E-state index contributed by atoms with van der Waals surface area (Å²) in [7, 11) is 2.16. The summed E-state index contributed by atoms with van der Waals surface area (Å²) in [6.07, 6.45) is 1.90. The molecule has 1 N–H and O–H groups in total. The van der Waals surface area contributed by atoms with E-state index in [0.29, 0.717) is 13.1 Å². The number of carbonyl (C=O) groups is 1. The van der Waals surface area contributed by atoms with E-state index in [2.05, 4.69) is 45.3 Å². The van der Waals surface area contributed by atoms with Gasteiger partial charge in [0.15, 0.2) is 0 Å². The minimum absolute atomic E-state index is 0.0156. The third kappa shape index (κ3) is 5.83. The molecular formula is C25H33FN4O. The highest BCUT2D eigenvalue weighted by Gasteiger charge is 2.26. The van der Waals surface area contributed by atoms with Crippen molar-refractivity contribution in [3.05, 3.63) is 65.5 Å². The number of nitrogens with one attached hydrogen (secondary N) is 1. The Hall–Kier alpha value is -2.44. The number of hydrogen-bond acceptors (Lipinski definition) is 4. The van der Waals surface area contributed by atoms with Crippen LogP contribution in [0, 0.1) is 11.7 Å². The lowest BCUT2D eigenvalue weighted by atomic mass is 9.96. The van der Waals surface area contributed by atoms with Gasteiger partial charge >= 0.3 is 0 Å². The van der Waals surface area contributed by atoms with E-state index in [1.54, 1.807) is 12.1 Å². The highest BCUT2D eigenvalue weighted by Crippen LogP contribution is 2.23. The summed E-state index contributed by atoms with van der Waals surface area (Å²) in [6, 6.07) is 15.1. The second kappa shape index (κ2) is 10.2. The summed E-state index contributed by atoms with van der Waals surface area (Å²) in [5.41, 5.74) is 3.36. The van der Waals surface area contributed by atoms with Crippen LogP contribution < -0.4 is 10.2 Å². The summed E-state index contributed by atoms with van der Waals surface area (Å²) >= 11 is 0. The molecule has 2 aromatic rings. The molecule has 0 aromatic heterocycles. The van der Waals surface area contributed by atoms with Gasteiger partial charge in [-0.2, -0.15) is 0 Å². The zero-order valence-electron chi connectivity index (χ0n) is 18.4. The largest absolute Gasteiger partial charge is 0.369 e. The van der Waals surface area contributed by atoms with Gasteiger partial charge in [-0.1, -0.05) is 30.3 Å². The van der Waals surface area contributed by atoms with Gasteiger partial charge in [-0.25, -0.2) is 4.39 Å². The van der Waals surface area contributed by atoms with E-state index < -0.39 is 0 Å². The van der Waals surface area contributed by atoms with E-state index in [1.807, 2.05) is 12.1 Å². The minimum atomic E-state index is -0.206. The summed E-state index contributed by atoms with van der Waals surface area (Å²) in [4.78, 5) is 20.0. The maximum Gasteiger partial charge on any atom is 0.224 e. The zero-order valence-corrected chi connectivity index (χ0v) is 18.4. The Morgan fingerprint density at radius 3 is 2.68 bits per heavy atom. The molecule has 2 saturated heterocycles. The Morgan fingerprint density at radius 2 is 1.87 bits per heavy atom. The van der Waals surface area contributed by atoms with Crippen molar-refractivity contribution in [1.29, 1.82) is 0 Å². The number of amides is 1. The van der Waals surface area contributed by atoms with Crippen LogP contribution in [0.1, 0.15) is 24.0 Å². The number of piperazine rings is 1. The van der Waals surface area contributed by atoms with Gasteiger partial charge in [0.05, 0.1) is 5.92 Å². The first-order chi connectivity index (χ1) is 15.1. The number of rotatable bonds is 6. The van der Waals surface area contributed by atoms with Crippen molar-refractivity contribution in [2.75, 3.05) is 51.2 Å². The van der Waals surface area contributed by atoms with Crippen molar-refractivity contribution < 1.29 is 9.18 Å².